The molecular formula is C97H63N9. The van der Waals surface area contributed by atoms with Gasteiger partial charge in [0, 0.05) is 99.1 Å². The molecule has 21 rings (SSSR count). The molecule has 0 fully saturated rings. The molecule has 0 radical (unpaired) electrons. The smallest absolute Gasteiger partial charge is 0.164 e. The minimum Gasteiger partial charge on any atom is -0.309 e. The van der Waals surface area contributed by atoms with E-state index in [2.05, 4.69) is 303 Å². The van der Waals surface area contributed by atoms with Crippen molar-refractivity contribution < 1.29 is 0 Å². The molecule has 0 aliphatic heterocycles. The van der Waals surface area contributed by atoms with Crippen LogP contribution in [-0.4, -0.2) is 43.2 Å². The van der Waals surface area contributed by atoms with Crippen LogP contribution in [0, 0.1) is 0 Å². The molecule has 0 unspecified atom stereocenters. The van der Waals surface area contributed by atoms with Crippen molar-refractivity contribution in [2.24, 2.45) is 0 Å². The predicted molar refractivity (Wildman–Crippen MR) is 437 cm³/mol. The van der Waals surface area contributed by atoms with E-state index in [1.165, 1.54) is 76.2 Å². The highest BCUT2D eigenvalue weighted by Gasteiger charge is 2.24. The first kappa shape index (κ1) is 61.5. The highest BCUT2D eigenvalue weighted by Crippen LogP contribution is 2.45. The Hall–Kier alpha value is -14.4. The Morgan fingerprint density at radius 2 is 0.528 bits per heavy atom. The maximum Gasteiger partial charge on any atom is 0.164 e. The zero-order valence-electron chi connectivity index (χ0n) is 57.4. The van der Waals surface area contributed by atoms with E-state index in [9.17, 15) is 0 Å². The summed E-state index contributed by atoms with van der Waals surface area (Å²) in [5.41, 5.74) is 23.8. The monoisotopic (exact) mass is 1350 g/mol. The molecule has 0 saturated heterocycles. The van der Waals surface area contributed by atoms with Gasteiger partial charge in [0.25, 0.3) is 0 Å². The SMILES string of the molecule is c1ccc(-c2cc(-c3ccc(-n4c5ccccc5c5ccc6c(c7ccccc7n6-c6ccccc6)c54)cc3)nc(-c3ccccc3)n2)cc1.c1ccc(-c2nc(-c3ccccc3)nc(-c3ccc(-n4c5ccccc5c5cc(-n6c7ccccc7c7ccccc76)ccc54)c(-c4ccccc4)c3)n2)cc1. The summed E-state index contributed by atoms with van der Waals surface area (Å²) >= 11 is 0. The normalized spacial score (nSPS) is 11.6. The molecule has 9 heteroatoms. The predicted octanol–water partition coefficient (Wildman–Crippen LogP) is 24.4. The Balaban J connectivity index is 0.000000141. The lowest BCUT2D eigenvalue weighted by molar-refractivity contribution is 1.07. The molecule has 9 nitrogen and oxygen atoms in total. The van der Waals surface area contributed by atoms with E-state index in [-0.39, 0.29) is 0 Å². The number of nitrogens with zero attached hydrogens (tertiary/aromatic N) is 9. The van der Waals surface area contributed by atoms with Crippen LogP contribution < -0.4 is 0 Å². The van der Waals surface area contributed by atoms with Crippen LogP contribution in [0.3, 0.4) is 0 Å². The Labute approximate surface area is 610 Å². The molecule has 21 aromatic rings. The lowest BCUT2D eigenvalue weighted by Gasteiger charge is -2.16. The second-order valence-electron chi connectivity index (χ2n) is 26.7. The van der Waals surface area contributed by atoms with E-state index in [4.69, 9.17) is 24.9 Å². The van der Waals surface area contributed by atoms with Gasteiger partial charge in [0.05, 0.1) is 61.2 Å². The van der Waals surface area contributed by atoms with Gasteiger partial charge in [0.15, 0.2) is 23.3 Å². The molecule has 0 spiro atoms. The number of rotatable bonds is 11. The summed E-state index contributed by atoms with van der Waals surface area (Å²) in [6.07, 6.45) is 0. The summed E-state index contributed by atoms with van der Waals surface area (Å²) in [7, 11) is 0. The van der Waals surface area contributed by atoms with Gasteiger partial charge < -0.3 is 18.3 Å². The van der Waals surface area contributed by atoms with Crippen LogP contribution in [0.2, 0.25) is 0 Å². The highest BCUT2D eigenvalue weighted by atomic mass is 15.0. The Morgan fingerprint density at radius 3 is 1.07 bits per heavy atom. The van der Waals surface area contributed by atoms with Crippen molar-refractivity contribution >= 4 is 87.2 Å². The van der Waals surface area contributed by atoms with Crippen molar-refractivity contribution in [3.63, 3.8) is 0 Å². The minimum absolute atomic E-state index is 0.625. The number of hydrogen-bond donors (Lipinski definition) is 0. The minimum atomic E-state index is 0.625. The number of para-hydroxylation sites is 6. The van der Waals surface area contributed by atoms with Gasteiger partial charge in [-0.2, -0.15) is 0 Å². The first-order chi connectivity index (χ1) is 52.6. The summed E-state index contributed by atoms with van der Waals surface area (Å²) < 4.78 is 9.62. The zero-order valence-corrected chi connectivity index (χ0v) is 57.4. The number of benzene rings is 15. The lowest BCUT2D eigenvalue weighted by atomic mass is 10.00. The standard InChI is InChI=1S/C51H33N5.C46H30N4/c1-4-16-34(17-5-1)42-32-37(51-53-49(35-18-6-2-7-19-35)52-50(54-51)36-20-8-3-9-21-36)28-30-47(42)56-46-27-15-12-24-41(46)43-33-38(29-31-48(43)56)55-44-25-13-10-22-39(44)40-23-11-14-26-45(40)55;1-4-14-31(15-5-1)39-30-40(48-46(47-39)33-16-6-2-7-17-33)32-24-26-35(27-25-32)50-41-22-12-10-20-36(41)37-28-29-43-44(45(37)50)38-21-11-13-23-42(38)49(43)34-18-8-3-9-19-34/h1-33H;1-30H. The van der Waals surface area contributed by atoms with Crippen LogP contribution >= 0.6 is 0 Å². The third-order valence-electron chi connectivity index (χ3n) is 20.5. The zero-order chi connectivity index (χ0) is 70.0. The van der Waals surface area contributed by atoms with Gasteiger partial charge in [-0.15, -0.1) is 0 Å². The van der Waals surface area contributed by atoms with Gasteiger partial charge >= 0.3 is 0 Å². The molecule has 0 aliphatic carbocycles. The van der Waals surface area contributed by atoms with Gasteiger partial charge in [-0.1, -0.05) is 279 Å². The van der Waals surface area contributed by atoms with E-state index < -0.39 is 0 Å². The first-order valence-corrected chi connectivity index (χ1v) is 35.8. The van der Waals surface area contributed by atoms with Crippen molar-refractivity contribution in [3.05, 3.63) is 382 Å². The summed E-state index contributed by atoms with van der Waals surface area (Å²) in [5, 5.41) is 9.86. The topological polar surface area (TPSA) is 84.2 Å². The van der Waals surface area contributed by atoms with Crippen LogP contribution in [-0.2, 0) is 0 Å². The Kier molecular flexibility index (Phi) is 15.0. The molecule has 496 valence electrons. The van der Waals surface area contributed by atoms with Crippen molar-refractivity contribution in [1.29, 1.82) is 0 Å². The third-order valence-corrected chi connectivity index (χ3v) is 20.5. The highest BCUT2D eigenvalue weighted by molar-refractivity contribution is 6.26. The number of aromatic nitrogens is 9. The fraction of sp³-hybridized carbons (Fsp3) is 0. The largest absolute Gasteiger partial charge is 0.309 e. The van der Waals surface area contributed by atoms with Crippen LogP contribution in [0.15, 0.2) is 382 Å². The molecule has 106 heavy (non-hydrogen) atoms. The quantitative estimate of drug-likeness (QED) is 0.129. The third kappa shape index (κ3) is 10.6. The molecule has 0 N–H and O–H groups in total. The summed E-state index contributed by atoms with van der Waals surface area (Å²) in [5.74, 6) is 2.62. The molecule has 0 atom stereocenters. The fourth-order valence-corrected chi connectivity index (χ4v) is 15.7. The fourth-order valence-electron chi connectivity index (χ4n) is 15.7. The average Bonchev–Trinajstić information content (AvgIpc) is 1.55. The lowest BCUT2D eigenvalue weighted by Crippen LogP contribution is -2.02. The van der Waals surface area contributed by atoms with Gasteiger partial charge in [0.1, 0.15) is 0 Å². The first-order valence-electron chi connectivity index (χ1n) is 35.8. The van der Waals surface area contributed by atoms with Crippen LogP contribution in [0.25, 0.3) is 189 Å². The molecule has 15 aromatic carbocycles. The van der Waals surface area contributed by atoms with Crippen molar-refractivity contribution in [2.45, 2.75) is 0 Å². The molecular weight excluding hydrogens is 1290 g/mol. The van der Waals surface area contributed by atoms with Gasteiger partial charge in [-0.3, -0.25) is 0 Å². The van der Waals surface area contributed by atoms with Gasteiger partial charge in [-0.25, -0.2) is 24.9 Å². The van der Waals surface area contributed by atoms with E-state index in [0.717, 1.165) is 89.7 Å². The average molecular weight is 1350 g/mol. The van der Waals surface area contributed by atoms with E-state index in [1.807, 2.05) is 97.1 Å². The Bertz CT molecular complexity index is 6740. The van der Waals surface area contributed by atoms with Crippen LogP contribution in [0.1, 0.15) is 0 Å². The number of hydrogen-bond acceptors (Lipinski definition) is 5. The van der Waals surface area contributed by atoms with E-state index in [1.54, 1.807) is 0 Å². The molecule has 6 heterocycles. The second kappa shape index (κ2) is 25.9. The van der Waals surface area contributed by atoms with Crippen molar-refractivity contribution in [2.75, 3.05) is 0 Å². The summed E-state index contributed by atoms with van der Waals surface area (Å²) in [6.45, 7) is 0. The molecule has 0 bridgehead atoms. The maximum absolute atomic E-state index is 5.08. The maximum atomic E-state index is 5.08. The van der Waals surface area contributed by atoms with E-state index in [0.29, 0.717) is 23.3 Å². The Morgan fingerprint density at radius 1 is 0.179 bits per heavy atom. The van der Waals surface area contributed by atoms with Gasteiger partial charge in [-0.05, 0) is 109 Å². The second-order valence-corrected chi connectivity index (χ2v) is 26.7. The molecule has 0 amide bonds. The van der Waals surface area contributed by atoms with Crippen LogP contribution in [0.4, 0.5) is 0 Å². The number of fused-ring (bicyclic) bond motifs is 13. The molecule has 0 aliphatic rings. The van der Waals surface area contributed by atoms with E-state index >= 15 is 0 Å². The van der Waals surface area contributed by atoms with Gasteiger partial charge in [0.2, 0.25) is 0 Å². The van der Waals surface area contributed by atoms with Crippen LogP contribution in [0.5, 0.6) is 0 Å². The molecule has 6 aromatic heterocycles. The van der Waals surface area contributed by atoms with Crippen molar-refractivity contribution in [3.8, 4) is 102 Å². The summed E-state index contributed by atoms with van der Waals surface area (Å²) in [4.78, 5) is 25.1. The molecule has 0 saturated carbocycles. The summed E-state index contributed by atoms with van der Waals surface area (Å²) in [6, 6.07) is 135. The van der Waals surface area contributed by atoms with Crippen molar-refractivity contribution in [1.82, 2.24) is 43.2 Å².